The smallest absolute Gasteiger partial charge is 0.142 e. The number of para-hydroxylation sites is 4. The largest absolute Gasteiger partial charge is 0.491 e. The molecule has 124 valence electrons. The second kappa shape index (κ2) is 9.58. The summed E-state index contributed by atoms with van der Waals surface area (Å²) in [6.07, 6.45) is 1.64. The number of hydrogen-bond acceptors (Lipinski definition) is 5. The van der Waals surface area contributed by atoms with Crippen LogP contribution in [0.25, 0.3) is 0 Å². The van der Waals surface area contributed by atoms with Crippen LogP contribution >= 0.6 is 0 Å². The van der Waals surface area contributed by atoms with E-state index in [0.717, 1.165) is 24.3 Å². The molecule has 0 fully saturated rings. The second-order valence-electron chi connectivity index (χ2n) is 5.09. The van der Waals surface area contributed by atoms with Crippen LogP contribution < -0.4 is 20.9 Å². The monoisotopic (exact) mass is 316 g/mol. The van der Waals surface area contributed by atoms with Crippen LogP contribution in [0, 0.1) is 0 Å². The molecule has 23 heavy (non-hydrogen) atoms. The minimum absolute atomic E-state index is 0.589. The van der Waals surface area contributed by atoms with Gasteiger partial charge in [0.25, 0.3) is 0 Å². The van der Waals surface area contributed by atoms with E-state index in [-0.39, 0.29) is 0 Å². The van der Waals surface area contributed by atoms with E-state index >= 15 is 0 Å². The predicted octanol–water partition coefficient (Wildman–Crippen LogP) is 3.11. The number of nitrogens with two attached hydrogens (primary N) is 2. The molecular formula is C18H24N2O3. The van der Waals surface area contributed by atoms with Crippen LogP contribution in [0.5, 0.6) is 11.5 Å². The van der Waals surface area contributed by atoms with Crippen LogP contribution in [0.2, 0.25) is 0 Å². The summed E-state index contributed by atoms with van der Waals surface area (Å²) in [6.45, 7) is 2.48. The van der Waals surface area contributed by atoms with Gasteiger partial charge >= 0.3 is 0 Å². The first-order valence-electron chi connectivity index (χ1n) is 7.79. The average Bonchev–Trinajstić information content (AvgIpc) is 2.56. The highest BCUT2D eigenvalue weighted by molar-refractivity contribution is 5.52. The zero-order valence-corrected chi connectivity index (χ0v) is 13.2. The number of anilines is 2. The van der Waals surface area contributed by atoms with Gasteiger partial charge in [0.1, 0.15) is 11.5 Å². The Bertz CT molecular complexity index is 538. The van der Waals surface area contributed by atoms with E-state index in [1.807, 2.05) is 48.5 Å². The van der Waals surface area contributed by atoms with E-state index < -0.39 is 0 Å². The van der Waals surface area contributed by atoms with Crippen LogP contribution in [0.4, 0.5) is 11.4 Å². The number of rotatable bonds is 10. The summed E-state index contributed by atoms with van der Waals surface area (Å²) in [7, 11) is 0. The molecule has 2 aromatic rings. The first-order valence-corrected chi connectivity index (χ1v) is 7.79. The van der Waals surface area contributed by atoms with Crippen molar-refractivity contribution in [3.63, 3.8) is 0 Å². The second-order valence-corrected chi connectivity index (χ2v) is 5.09. The molecular weight excluding hydrogens is 292 g/mol. The Labute approximate surface area is 137 Å². The van der Waals surface area contributed by atoms with Gasteiger partial charge in [-0.1, -0.05) is 24.3 Å². The Morgan fingerprint density at radius 2 is 1.04 bits per heavy atom. The molecule has 5 nitrogen and oxygen atoms in total. The Hall–Kier alpha value is -2.40. The molecule has 2 rings (SSSR count). The fourth-order valence-electron chi connectivity index (χ4n) is 2.01. The van der Waals surface area contributed by atoms with Gasteiger partial charge in [-0.3, -0.25) is 0 Å². The maximum atomic E-state index is 5.80. The fraction of sp³-hybridized carbons (Fsp3) is 0.333. The topological polar surface area (TPSA) is 79.7 Å². The van der Waals surface area contributed by atoms with Gasteiger partial charge in [-0.25, -0.2) is 0 Å². The molecule has 0 saturated heterocycles. The molecule has 0 saturated carbocycles. The van der Waals surface area contributed by atoms with Crippen LogP contribution in [-0.4, -0.2) is 26.4 Å². The highest BCUT2D eigenvalue weighted by Gasteiger charge is 1.99. The minimum atomic E-state index is 0.589. The van der Waals surface area contributed by atoms with Crippen LogP contribution in [0.15, 0.2) is 48.5 Å². The van der Waals surface area contributed by atoms with Gasteiger partial charge in [-0.05, 0) is 24.3 Å². The predicted molar refractivity (Wildman–Crippen MR) is 92.8 cm³/mol. The lowest BCUT2D eigenvalue weighted by atomic mass is 10.3. The summed E-state index contributed by atoms with van der Waals surface area (Å²) in [5, 5.41) is 0. The highest BCUT2D eigenvalue weighted by atomic mass is 16.5. The first kappa shape index (κ1) is 17.0. The van der Waals surface area contributed by atoms with Crippen LogP contribution in [-0.2, 0) is 4.74 Å². The maximum Gasteiger partial charge on any atom is 0.142 e. The number of hydrogen-bond donors (Lipinski definition) is 2. The lowest BCUT2D eigenvalue weighted by Crippen LogP contribution is -2.07. The van der Waals surface area contributed by atoms with Crippen molar-refractivity contribution in [3.05, 3.63) is 48.5 Å². The van der Waals surface area contributed by atoms with E-state index in [4.69, 9.17) is 25.7 Å². The summed E-state index contributed by atoms with van der Waals surface area (Å²) < 4.78 is 16.7. The van der Waals surface area contributed by atoms with E-state index in [1.54, 1.807) is 0 Å². The van der Waals surface area contributed by atoms with Gasteiger partial charge in [0.2, 0.25) is 0 Å². The van der Waals surface area contributed by atoms with E-state index in [0.29, 0.717) is 37.8 Å². The maximum absolute atomic E-state index is 5.80. The Morgan fingerprint density at radius 1 is 0.609 bits per heavy atom. The Balaban J connectivity index is 1.47. The molecule has 0 radical (unpaired) electrons. The number of ether oxygens (including phenoxy) is 3. The zero-order valence-electron chi connectivity index (χ0n) is 13.2. The van der Waals surface area contributed by atoms with Crippen molar-refractivity contribution < 1.29 is 14.2 Å². The fourth-order valence-corrected chi connectivity index (χ4v) is 2.01. The van der Waals surface area contributed by atoms with Crippen molar-refractivity contribution in [2.45, 2.75) is 12.8 Å². The van der Waals surface area contributed by atoms with Crippen molar-refractivity contribution in [1.82, 2.24) is 0 Å². The molecule has 0 aromatic heterocycles. The van der Waals surface area contributed by atoms with E-state index in [1.165, 1.54) is 0 Å². The molecule has 0 aliphatic rings. The molecule has 4 N–H and O–H groups in total. The first-order chi connectivity index (χ1) is 11.3. The third kappa shape index (κ3) is 6.08. The molecule has 5 heteroatoms. The van der Waals surface area contributed by atoms with Gasteiger partial charge in [-0.15, -0.1) is 0 Å². The highest BCUT2D eigenvalue weighted by Crippen LogP contribution is 2.20. The van der Waals surface area contributed by atoms with Crippen molar-refractivity contribution in [1.29, 1.82) is 0 Å². The standard InChI is InChI=1S/C18H24N2O3/c19-15-7-1-3-9-17(15)22-13-5-11-21-12-6-14-23-18-10-4-2-8-16(18)20/h1-4,7-10H,5-6,11-14,19-20H2. The SMILES string of the molecule is Nc1ccccc1OCCCOCCCOc1ccccc1N. The number of benzene rings is 2. The van der Waals surface area contributed by atoms with Crippen LogP contribution in [0.1, 0.15) is 12.8 Å². The van der Waals surface area contributed by atoms with Gasteiger partial charge in [0, 0.05) is 26.1 Å². The molecule has 0 heterocycles. The lowest BCUT2D eigenvalue weighted by molar-refractivity contribution is 0.107. The van der Waals surface area contributed by atoms with Gasteiger partial charge in [0.05, 0.1) is 24.6 Å². The van der Waals surface area contributed by atoms with Crippen molar-refractivity contribution in [2.75, 3.05) is 37.9 Å². The molecule has 0 bridgehead atoms. The minimum Gasteiger partial charge on any atom is -0.491 e. The van der Waals surface area contributed by atoms with Crippen molar-refractivity contribution in [2.24, 2.45) is 0 Å². The van der Waals surface area contributed by atoms with Crippen LogP contribution in [0.3, 0.4) is 0 Å². The molecule has 0 spiro atoms. The average molecular weight is 316 g/mol. The summed E-state index contributed by atoms with van der Waals surface area (Å²) >= 11 is 0. The summed E-state index contributed by atoms with van der Waals surface area (Å²) in [5.41, 5.74) is 12.9. The van der Waals surface area contributed by atoms with Crippen molar-refractivity contribution >= 4 is 11.4 Å². The van der Waals surface area contributed by atoms with E-state index in [9.17, 15) is 0 Å². The Morgan fingerprint density at radius 3 is 1.48 bits per heavy atom. The summed E-state index contributed by atoms with van der Waals surface area (Å²) in [5.74, 6) is 1.45. The number of nitrogen functional groups attached to an aromatic ring is 2. The molecule has 2 aromatic carbocycles. The molecule has 0 aliphatic carbocycles. The zero-order chi connectivity index (χ0) is 16.3. The normalized spacial score (nSPS) is 10.4. The van der Waals surface area contributed by atoms with Crippen molar-refractivity contribution in [3.8, 4) is 11.5 Å². The van der Waals surface area contributed by atoms with Gasteiger partial charge < -0.3 is 25.7 Å². The molecule has 0 aliphatic heterocycles. The lowest BCUT2D eigenvalue weighted by Gasteiger charge is -2.10. The summed E-state index contributed by atoms with van der Waals surface area (Å²) in [6, 6.07) is 15.0. The van der Waals surface area contributed by atoms with Gasteiger partial charge in [0.15, 0.2) is 0 Å². The van der Waals surface area contributed by atoms with E-state index in [2.05, 4.69) is 0 Å². The third-order valence-electron chi connectivity index (χ3n) is 3.22. The molecule has 0 atom stereocenters. The molecule has 0 amide bonds. The van der Waals surface area contributed by atoms with Gasteiger partial charge in [-0.2, -0.15) is 0 Å². The molecule has 0 unspecified atom stereocenters. The quantitative estimate of drug-likeness (QED) is 0.520. The Kier molecular flexibility index (Phi) is 7.07. The third-order valence-corrected chi connectivity index (χ3v) is 3.22. The summed E-state index contributed by atoms with van der Waals surface area (Å²) in [4.78, 5) is 0.